The van der Waals surface area contributed by atoms with Gasteiger partial charge < -0.3 is 5.11 Å². The van der Waals surface area contributed by atoms with Crippen molar-refractivity contribution in [1.29, 1.82) is 0 Å². The summed E-state index contributed by atoms with van der Waals surface area (Å²) in [6.45, 7) is 0. The average Bonchev–Trinajstić information content (AvgIpc) is 3.41. The fourth-order valence-corrected chi connectivity index (χ4v) is 9.37. The molecule has 6 atom stereocenters. The smallest absolute Gasteiger partial charge is 0.433 e. The predicted octanol–water partition coefficient (Wildman–Crippen LogP) is 7.34. The molecule has 1 saturated heterocycles. The number of halogens is 4. The number of hydrogen-bond donors (Lipinski definition) is 1. The third-order valence-corrected chi connectivity index (χ3v) is 11.6. The normalized spacial score (nSPS) is 26.7. The van der Waals surface area contributed by atoms with Crippen LogP contribution >= 0.6 is 11.6 Å². The van der Waals surface area contributed by atoms with E-state index in [0.717, 1.165) is 16.1 Å². The second kappa shape index (κ2) is 12.5. The molecule has 0 bridgehead atoms. The maximum absolute atomic E-state index is 15.0. The molecule has 1 saturated carbocycles. The zero-order valence-corrected chi connectivity index (χ0v) is 28.9. The van der Waals surface area contributed by atoms with Crippen LogP contribution in [0.25, 0.3) is 5.57 Å². The van der Waals surface area contributed by atoms with E-state index in [1.54, 1.807) is 60.7 Å². The van der Waals surface area contributed by atoms with E-state index in [-0.39, 0.29) is 40.8 Å². The van der Waals surface area contributed by atoms with Gasteiger partial charge in [-0.3, -0.25) is 24.2 Å². The lowest BCUT2D eigenvalue weighted by atomic mass is 9.44. The minimum atomic E-state index is -4.81. The molecular weight excluding hydrogens is 707 g/mol. The topological polar surface area (TPSA) is 108 Å². The quantitative estimate of drug-likeness (QED) is 0.169. The second-order valence-electron chi connectivity index (χ2n) is 13.9. The summed E-state index contributed by atoms with van der Waals surface area (Å²) in [4.78, 5) is 62.4. The van der Waals surface area contributed by atoms with Gasteiger partial charge >= 0.3 is 6.18 Å². The average molecular weight is 738 g/mol. The van der Waals surface area contributed by atoms with Gasteiger partial charge in [-0.1, -0.05) is 96.0 Å². The number of hydrazine groups is 1. The van der Waals surface area contributed by atoms with Crippen LogP contribution < -0.4 is 5.01 Å². The molecule has 0 spiro atoms. The number of fused-ring (bicyclic) bond motifs is 4. The number of pyridine rings is 1. The molecule has 8 nitrogen and oxygen atoms in total. The van der Waals surface area contributed by atoms with Crippen molar-refractivity contribution in [2.75, 3.05) is 12.1 Å². The van der Waals surface area contributed by atoms with Gasteiger partial charge in [0.1, 0.15) is 11.4 Å². The van der Waals surface area contributed by atoms with Gasteiger partial charge in [-0.25, -0.2) is 4.98 Å². The summed E-state index contributed by atoms with van der Waals surface area (Å²) in [5.74, 6) is -6.88. The number of carbonyl (C=O) groups is 4. The number of nitrogens with zero attached hydrogens (tertiary/aromatic N) is 3. The van der Waals surface area contributed by atoms with Crippen LogP contribution in [0.5, 0.6) is 5.75 Å². The first-order valence-electron chi connectivity index (χ1n) is 17.1. The van der Waals surface area contributed by atoms with Gasteiger partial charge in [0.2, 0.25) is 0 Å². The molecule has 12 heteroatoms. The number of ketones is 2. The Hall–Kier alpha value is -5.55. The molecule has 53 heavy (non-hydrogen) atoms. The molecule has 2 amide bonds. The first kappa shape index (κ1) is 34.5. The van der Waals surface area contributed by atoms with Crippen LogP contribution in [-0.2, 0) is 30.8 Å². The molecule has 1 N–H and O–H groups in total. The molecule has 0 radical (unpaired) electrons. The Labute approximate surface area is 307 Å². The van der Waals surface area contributed by atoms with Crippen molar-refractivity contribution in [2.45, 2.75) is 30.4 Å². The van der Waals surface area contributed by atoms with E-state index in [2.05, 4.69) is 4.98 Å². The van der Waals surface area contributed by atoms with Crippen molar-refractivity contribution in [3.63, 3.8) is 0 Å². The molecule has 2 fully saturated rings. The van der Waals surface area contributed by atoms with Gasteiger partial charge in [0.15, 0.2) is 17.4 Å². The fourth-order valence-electron chi connectivity index (χ4n) is 9.14. The fraction of sp³-hybridized carbons (Fsp3) is 0.244. The van der Waals surface area contributed by atoms with Gasteiger partial charge in [0, 0.05) is 24.5 Å². The summed E-state index contributed by atoms with van der Waals surface area (Å²) in [6.07, 6.45) is -1.41. The molecule has 4 aliphatic rings. The van der Waals surface area contributed by atoms with Crippen molar-refractivity contribution in [3.05, 3.63) is 142 Å². The number of alkyl halides is 3. The van der Waals surface area contributed by atoms with Crippen LogP contribution in [0, 0.1) is 23.7 Å². The highest BCUT2D eigenvalue weighted by Gasteiger charge is 2.66. The van der Waals surface area contributed by atoms with E-state index in [1.807, 2.05) is 24.3 Å². The van der Waals surface area contributed by atoms with Gasteiger partial charge in [0.05, 0.1) is 22.3 Å². The molecule has 8 rings (SSSR count). The summed E-state index contributed by atoms with van der Waals surface area (Å²) in [6, 6.07) is 26.1. The van der Waals surface area contributed by atoms with Crippen molar-refractivity contribution < 1.29 is 37.5 Å². The summed E-state index contributed by atoms with van der Waals surface area (Å²) in [5, 5.41) is 12.3. The Morgan fingerprint density at radius 3 is 2.26 bits per heavy atom. The van der Waals surface area contributed by atoms with Gasteiger partial charge in [-0.15, -0.1) is 0 Å². The summed E-state index contributed by atoms with van der Waals surface area (Å²) < 4.78 is 41.0. The van der Waals surface area contributed by atoms with Crippen LogP contribution in [0.1, 0.15) is 41.1 Å². The largest absolute Gasteiger partial charge is 0.508 e. The number of aromatic nitrogens is 1. The molecular formula is C41H31ClF3N3O5. The van der Waals surface area contributed by atoms with Crippen LogP contribution in [-0.4, -0.2) is 45.5 Å². The number of hydrogen-bond acceptors (Lipinski definition) is 7. The zero-order valence-electron chi connectivity index (χ0n) is 28.1. The van der Waals surface area contributed by atoms with E-state index < -0.39 is 64.5 Å². The van der Waals surface area contributed by atoms with Crippen LogP contribution in [0.4, 0.5) is 19.0 Å². The molecule has 2 heterocycles. The van der Waals surface area contributed by atoms with E-state index in [9.17, 15) is 32.7 Å². The number of anilines is 1. The Morgan fingerprint density at radius 1 is 0.887 bits per heavy atom. The number of benzene rings is 3. The standard InChI is InChI=1S/C41H31ClF3N3O5/c1-47(37-31(42)17-18-32(46-37)41(43,44)45)48-38(52)27-16-15-26-29(34(27)39(48)53)20-30-36(51)28(22-9-4-2-5-10-22)21-33(50)40(30,24-12-6-3-7-13-24)35(26)23-11-8-14-25(49)19-23/h2-15,17-19,21,27,29-30,34-35,49H,16,20H2,1H3/t27-,29+,30-,34-,35-,40-/m0/s1. The number of aromatic hydroxyl groups is 1. The Morgan fingerprint density at radius 2 is 1.58 bits per heavy atom. The number of phenolic OH excluding ortho intramolecular Hbond substituents is 1. The minimum absolute atomic E-state index is 0.0328. The van der Waals surface area contributed by atoms with Crippen molar-refractivity contribution in [1.82, 2.24) is 9.99 Å². The third-order valence-electron chi connectivity index (χ3n) is 11.3. The van der Waals surface area contributed by atoms with Crippen molar-refractivity contribution in [3.8, 4) is 5.75 Å². The minimum Gasteiger partial charge on any atom is -0.508 e. The number of allylic oxidation sites excluding steroid dienone is 4. The van der Waals surface area contributed by atoms with Gasteiger partial charge in [-0.05, 0) is 65.8 Å². The Balaban J connectivity index is 1.30. The highest BCUT2D eigenvalue weighted by atomic mass is 35.5. The van der Waals surface area contributed by atoms with Gasteiger partial charge in [-0.2, -0.15) is 18.2 Å². The number of imide groups is 1. The molecule has 1 aromatic heterocycles. The number of Topliss-reactive ketones (excluding diaryl/α,β-unsaturated/α-hetero) is 1. The molecule has 1 aliphatic heterocycles. The highest BCUT2D eigenvalue weighted by Crippen LogP contribution is 2.63. The second-order valence-corrected chi connectivity index (χ2v) is 14.3. The first-order valence-corrected chi connectivity index (χ1v) is 17.5. The van der Waals surface area contributed by atoms with E-state index >= 15 is 4.79 Å². The molecule has 3 aromatic carbocycles. The summed E-state index contributed by atoms with van der Waals surface area (Å²) in [7, 11) is 1.26. The first-order chi connectivity index (χ1) is 25.3. The Kier molecular flexibility index (Phi) is 8.17. The van der Waals surface area contributed by atoms with Crippen LogP contribution in [0.3, 0.4) is 0 Å². The monoisotopic (exact) mass is 737 g/mol. The molecule has 268 valence electrons. The predicted molar refractivity (Wildman–Crippen MR) is 189 cm³/mol. The SMILES string of the molecule is CN(c1nc(C(F)(F)F)ccc1Cl)N1C(=O)[C@H]2[C@H](CC=C3[C@H]2C[C@H]2C(=O)C(c4ccccc4)=CC(=O)[C@@]2(c2ccccc2)[C@H]3c2cccc(O)c2)C1=O. The van der Waals surface area contributed by atoms with Crippen LogP contribution in [0.15, 0.2) is 115 Å². The number of carbonyl (C=O) groups excluding carboxylic acids is 4. The lowest BCUT2D eigenvalue weighted by molar-refractivity contribution is -0.141. The van der Waals surface area contributed by atoms with Gasteiger partial charge in [0.25, 0.3) is 11.8 Å². The maximum Gasteiger partial charge on any atom is 0.433 e. The highest BCUT2D eigenvalue weighted by molar-refractivity contribution is 6.33. The lowest BCUT2D eigenvalue weighted by Gasteiger charge is -2.55. The number of amides is 2. The summed E-state index contributed by atoms with van der Waals surface area (Å²) in [5.41, 5.74) is -0.0895. The number of phenols is 1. The third kappa shape index (κ3) is 5.23. The van der Waals surface area contributed by atoms with E-state index in [0.29, 0.717) is 28.3 Å². The number of rotatable bonds is 5. The molecule has 4 aromatic rings. The molecule has 0 unspecified atom stereocenters. The lowest BCUT2D eigenvalue weighted by Crippen LogP contribution is -2.58. The van der Waals surface area contributed by atoms with Crippen LogP contribution in [0.2, 0.25) is 5.02 Å². The maximum atomic E-state index is 15.0. The molecule has 3 aliphatic carbocycles. The van der Waals surface area contributed by atoms with E-state index in [4.69, 9.17) is 11.6 Å². The Bertz CT molecular complexity index is 2260. The zero-order chi connectivity index (χ0) is 37.4. The van der Waals surface area contributed by atoms with Crippen molar-refractivity contribution >= 4 is 46.4 Å². The van der Waals surface area contributed by atoms with E-state index in [1.165, 1.54) is 19.2 Å². The van der Waals surface area contributed by atoms with Crippen molar-refractivity contribution in [2.24, 2.45) is 23.7 Å². The summed E-state index contributed by atoms with van der Waals surface area (Å²) >= 11 is 6.30.